The molecule has 31 heavy (non-hydrogen) atoms. The van der Waals surface area contributed by atoms with Crippen LogP contribution >= 0.6 is 0 Å². The Morgan fingerprint density at radius 3 is 2.58 bits per heavy atom. The Balaban J connectivity index is 1.62. The van der Waals surface area contributed by atoms with Crippen LogP contribution in [-0.4, -0.2) is 59.8 Å². The number of alkyl halides is 3. The average molecular weight is 443 g/mol. The number of imidazole rings is 1. The number of anilines is 1. The van der Waals surface area contributed by atoms with Crippen LogP contribution in [0, 0.1) is 5.82 Å². The largest absolute Gasteiger partial charge is 0.416 e. The second-order valence-electron chi connectivity index (χ2n) is 6.93. The number of benzene rings is 1. The molecule has 3 heterocycles. The van der Waals surface area contributed by atoms with Gasteiger partial charge in [-0.2, -0.15) is 13.2 Å². The van der Waals surface area contributed by atoms with Crippen molar-refractivity contribution in [3.05, 3.63) is 47.8 Å². The van der Waals surface area contributed by atoms with Gasteiger partial charge in [0.05, 0.1) is 18.5 Å². The molecule has 3 aromatic rings. The quantitative estimate of drug-likeness (QED) is 0.434. The highest BCUT2D eigenvalue weighted by molar-refractivity contribution is 5.82. The number of halogens is 4. The van der Waals surface area contributed by atoms with Gasteiger partial charge in [0.2, 0.25) is 0 Å². The van der Waals surface area contributed by atoms with Gasteiger partial charge in [0.1, 0.15) is 30.5 Å². The highest BCUT2D eigenvalue weighted by Gasteiger charge is 2.44. The van der Waals surface area contributed by atoms with E-state index < -0.39 is 48.7 Å². The van der Waals surface area contributed by atoms with Gasteiger partial charge < -0.3 is 25.4 Å². The number of aromatic nitrogens is 4. The fourth-order valence-corrected chi connectivity index (χ4v) is 3.42. The van der Waals surface area contributed by atoms with E-state index in [1.807, 2.05) is 0 Å². The lowest BCUT2D eigenvalue weighted by molar-refractivity contribution is -0.138. The molecule has 9 nitrogen and oxygen atoms in total. The number of ether oxygens (including phenoxy) is 1. The highest BCUT2D eigenvalue weighted by atomic mass is 19.4. The third kappa shape index (κ3) is 3.92. The Bertz CT molecular complexity index is 1090. The summed E-state index contributed by atoms with van der Waals surface area (Å²) in [5.41, 5.74) is -0.940. The maximum absolute atomic E-state index is 13.3. The van der Waals surface area contributed by atoms with Crippen molar-refractivity contribution in [2.45, 2.75) is 37.3 Å². The van der Waals surface area contributed by atoms with E-state index in [4.69, 9.17) is 4.74 Å². The maximum atomic E-state index is 13.3. The predicted octanol–water partition coefficient (Wildman–Crippen LogP) is 1.21. The molecule has 2 aromatic heterocycles. The lowest BCUT2D eigenvalue weighted by atomic mass is 10.1. The van der Waals surface area contributed by atoms with Gasteiger partial charge in [-0.05, 0) is 17.7 Å². The molecule has 0 aliphatic carbocycles. The second kappa shape index (κ2) is 8.00. The zero-order valence-corrected chi connectivity index (χ0v) is 15.7. The standard InChI is InChI=1S/C18H17F4N5O4/c19-9-2-1-8(10(3-9)18(20,21)22)4-23-15-12-16(25-6-24-15)27(7-26-12)17-14(30)13(29)11(5-28)31-17/h1-3,6-7,11,13-14,17,28-30H,4-5H2,(H,23,24,25)/t11-,13-,14-,17?/m1/s1. The van der Waals surface area contributed by atoms with E-state index in [2.05, 4.69) is 20.3 Å². The summed E-state index contributed by atoms with van der Waals surface area (Å²) in [6.45, 7) is -0.829. The van der Waals surface area contributed by atoms with Crippen LogP contribution in [0.4, 0.5) is 23.4 Å². The summed E-state index contributed by atoms with van der Waals surface area (Å²) in [7, 11) is 0. The molecule has 0 radical (unpaired) electrons. The van der Waals surface area contributed by atoms with Crippen molar-refractivity contribution in [3.8, 4) is 0 Å². The third-order valence-electron chi connectivity index (χ3n) is 4.97. The van der Waals surface area contributed by atoms with Crippen LogP contribution in [0.5, 0.6) is 0 Å². The molecule has 0 spiro atoms. The normalized spacial score (nSPS) is 24.1. The van der Waals surface area contributed by atoms with Gasteiger partial charge in [-0.15, -0.1) is 0 Å². The van der Waals surface area contributed by atoms with Crippen molar-refractivity contribution in [3.63, 3.8) is 0 Å². The fourth-order valence-electron chi connectivity index (χ4n) is 3.42. The minimum absolute atomic E-state index is 0.105. The molecule has 1 fully saturated rings. The molecule has 1 aliphatic rings. The molecule has 4 N–H and O–H groups in total. The van der Waals surface area contributed by atoms with Gasteiger partial charge in [-0.1, -0.05) is 6.07 Å². The first-order valence-corrected chi connectivity index (χ1v) is 9.10. The summed E-state index contributed by atoms with van der Waals surface area (Å²) in [6, 6.07) is 2.38. The summed E-state index contributed by atoms with van der Waals surface area (Å²) in [6.07, 6.45) is -7.11. The van der Waals surface area contributed by atoms with Gasteiger partial charge in [0, 0.05) is 6.54 Å². The van der Waals surface area contributed by atoms with E-state index in [9.17, 15) is 32.9 Å². The number of fused-ring (bicyclic) bond motifs is 1. The van der Waals surface area contributed by atoms with Crippen LogP contribution in [0.25, 0.3) is 11.2 Å². The van der Waals surface area contributed by atoms with Gasteiger partial charge >= 0.3 is 6.18 Å². The Morgan fingerprint density at radius 1 is 1.13 bits per heavy atom. The van der Waals surface area contributed by atoms with Crippen LogP contribution in [0.3, 0.4) is 0 Å². The third-order valence-corrected chi connectivity index (χ3v) is 4.97. The number of hydrogen-bond donors (Lipinski definition) is 4. The average Bonchev–Trinajstić information content (AvgIpc) is 3.28. The molecule has 166 valence electrons. The van der Waals surface area contributed by atoms with E-state index in [1.165, 1.54) is 10.9 Å². The zero-order valence-electron chi connectivity index (χ0n) is 15.7. The van der Waals surface area contributed by atoms with Crippen LogP contribution in [0.15, 0.2) is 30.9 Å². The molecule has 1 aliphatic heterocycles. The van der Waals surface area contributed by atoms with Crippen molar-refractivity contribution in [1.29, 1.82) is 0 Å². The van der Waals surface area contributed by atoms with Crippen molar-refractivity contribution >= 4 is 17.0 Å². The number of rotatable bonds is 5. The molecule has 1 aromatic carbocycles. The highest BCUT2D eigenvalue weighted by Crippen LogP contribution is 2.34. The minimum Gasteiger partial charge on any atom is -0.394 e. The summed E-state index contributed by atoms with van der Waals surface area (Å²) in [4.78, 5) is 12.2. The van der Waals surface area contributed by atoms with Gasteiger partial charge in [-0.3, -0.25) is 4.57 Å². The van der Waals surface area contributed by atoms with E-state index in [1.54, 1.807) is 0 Å². The molecule has 1 saturated heterocycles. The number of nitrogens with one attached hydrogen (secondary N) is 1. The molecule has 13 heteroatoms. The maximum Gasteiger partial charge on any atom is 0.416 e. The van der Waals surface area contributed by atoms with Gasteiger partial charge in [0.25, 0.3) is 0 Å². The summed E-state index contributed by atoms with van der Waals surface area (Å²) in [5.74, 6) is -0.898. The van der Waals surface area contributed by atoms with Crippen LogP contribution < -0.4 is 5.32 Å². The van der Waals surface area contributed by atoms with Crippen molar-refractivity contribution in [1.82, 2.24) is 19.5 Å². The Kier molecular flexibility index (Phi) is 5.51. The zero-order chi connectivity index (χ0) is 22.3. The summed E-state index contributed by atoms with van der Waals surface area (Å²) < 4.78 is 59.7. The molecular formula is C18H17F4N5O4. The smallest absolute Gasteiger partial charge is 0.394 e. The molecule has 0 bridgehead atoms. The Morgan fingerprint density at radius 2 is 1.90 bits per heavy atom. The molecule has 4 rings (SSSR count). The SMILES string of the molecule is OC[C@H]1OC(n2cnc3c(NCc4ccc(F)cc4C(F)(F)F)ncnc32)[C@H](O)[C@@H]1O. The lowest BCUT2D eigenvalue weighted by Crippen LogP contribution is -2.33. The topological polar surface area (TPSA) is 126 Å². The van der Waals surface area contributed by atoms with E-state index in [0.29, 0.717) is 6.07 Å². The number of aliphatic hydroxyl groups is 3. The monoisotopic (exact) mass is 443 g/mol. The first kappa shape index (κ1) is 21.4. The molecular weight excluding hydrogens is 426 g/mol. The second-order valence-corrected chi connectivity index (χ2v) is 6.93. The Labute approximate surface area is 172 Å². The van der Waals surface area contributed by atoms with Gasteiger partial charge in [-0.25, -0.2) is 19.3 Å². The summed E-state index contributed by atoms with van der Waals surface area (Å²) >= 11 is 0. The first-order valence-electron chi connectivity index (χ1n) is 9.10. The minimum atomic E-state index is -4.73. The van der Waals surface area contributed by atoms with E-state index >= 15 is 0 Å². The van der Waals surface area contributed by atoms with E-state index in [0.717, 1.165) is 18.5 Å². The number of nitrogens with zero attached hydrogens (tertiary/aromatic N) is 4. The number of hydrogen-bond acceptors (Lipinski definition) is 8. The van der Waals surface area contributed by atoms with Crippen molar-refractivity contribution < 1.29 is 37.6 Å². The molecule has 1 unspecified atom stereocenters. The van der Waals surface area contributed by atoms with Crippen molar-refractivity contribution in [2.75, 3.05) is 11.9 Å². The van der Waals surface area contributed by atoms with Crippen molar-refractivity contribution in [2.24, 2.45) is 0 Å². The number of aliphatic hydroxyl groups excluding tert-OH is 3. The lowest BCUT2D eigenvalue weighted by Gasteiger charge is -2.16. The predicted molar refractivity (Wildman–Crippen MR) is 97.1 cm³/mol. The fraction of sp³-hybridized carbons (Fsp3) is 0.389. The van der Waals surface area contributed by atoms with Crippen LogP contribution in [0.1, 0.15) is 17.4 Å². The summed E-state index contributed by atoms with van der Waals surface area (Å²) in [5, 5.41) is 32.1. The molecule has 0 saturated carbocycles. The molecule has 0 amide bonds. The first-order chi connectivity index (χ1) is 14.7. The molecule has 4 atom stereocenters. The van der Waals surface area contributed by atoms with Crippen LogP contribution in [-0.2, 0) is 17.5 Å². The van der Waals surface area contributed by atoms with Crippen LogP contribution in [0.2, 0.25) is 0 Å². The van der Waals surface area contributed by atoms with Gasteiger partial charge in [0.15, 0.2) is 23.2 Å². The van der Waals surface area contributed by atoms with E-state index in [-0.39, 0.29) is 29.1 Å². The Hall–Kier alpha value is -2.87.